The number of para-hydroxylation sites is 2. The second-order valence-electron chi connectivity index (χ2n) is 6.69. The van der Waals surface area contributed by atoms with Gasteiger partial charge in [-0.15, -0.1) is 0 Å². The maximum Gasteiger partial charge on any atom is 0.109 e. The molecule has 1 fully saturated rings. The van der Waals surface area contributed by atoms with Crippen molar-refractivity contribution in [3.63, 3.8) is 0 Å². The number of imidazole rings is 1. The molecule has 5 nitrogen and oxygen atoms in total. The number of hydrogen-bond donors (Lipinski definition) is 0. The van der Waals surface area contributed by atoms with Gasteiger partial charge in [-0.25, -0.2) is 4.98 Å². The van der Waals surface area contributed by atoms with Gasteiger partial charge in [0.1, 0.15) is 5.82 Å². The van der Waals surface area contributed by atoms with Crippen LogP contribution in [0.2, 0.25) is 0 Å². The number of rotatable bonds is 4. The lowest BCUT2D eigenvalue weighted by Gasteiger charge is -2.33. The van der Waals surface area contributed by atoms with Gasteiger partial charge in [0.05, 0.1) is 16.7 Å². The lowest BCUT2D eigenvalue weighted by atomic mass is 10.0. The van der Waals surface area contributed by atoms with Crippen molar-refractivity contribution in [2.24, 2.45) is 7.05 Å². The highest BCUT2D eigenvalue weighted by Gasteiger charge is 2.24. The van der Waals surface area contributed by atoms with Crippen LogP contribution in [0.25, 0.3) is 11.0 Å². The van der Waals surface area contributed by atoms with E-state index in [2.05, 4.69) is 51.8 Å². The van der Waals surface area contributed by atoms with E-state index in [9.17, 15) is 0 Å². The van der Waals surface area contributed by atoms with Crippen molar-refractivity contribution >= 4 is 11.0 Å². The number of nitrogens with zero attached hydrogens (tertiary/aromatic N) is 5. The van der Waals surface area contributed by atoms with Crippen LogP contribution in [-0.4, -0.2) is 37.3 Å². The van der Waals surface area contributed by atoms with Crippen LogP contribution >= 0.6 is 0 Å². The van der Waals surface area contributed by atoms with Crippen LogP contribution < -0.4 is 0 Å². The van der Waals surface area contributed by atoms with Crippen LogP contribution in [0.1, 0.15) is 37.3 Å². The van der Waals surface area contributed by atoms with Crippen molar-refractivity contribution in [3.8, 4) is 0 Å². The molecule has 24 heavy (non-hydrogen) atoms. The molecular formula is C19H25N5. The molecule has 0 bridgehead atoms. The number of fused-ring (bicyclic) bond motifs is 1. The molecule has 3 heterocycles. The largest absolute Gasteiger partial charge is 0.325 e. The minimum Gasteiger partial charge on any atom is -0.325 e. The van der Waals surface area contributed by atoms with Gasteiger partial charge in [0.25, 0.3) is 0 Å². The van der Waals surface area contributed by atoms with E-state index in [4.69, 9.17) is 4.98 Å². The SMILES string of the molecule is CCc1nc2ccccc2n1C1CCN(Cc2ccnn2C)CC1. The van der Waals surface area contributed by atoms with Crippen molar-refractivity contribution in [1.82, 2.24) is 24.2 Å². The lowest BCUT2D eigenvalue weighted by Crippen LogP contribution is -2.35. The Kier molecular flexibility index (Phi) is 4.10. The van der Waals surface area contributed by atoms with Gasteiger partial charge < -0.3 is 4.57 Å². The molecule has 1 aromatic carbocycles. The summed E-state index contributed by atoms with van der Waals surface area (Å²) in [5.41, 5.74) is 3.71. The van der Waals surface area contributed by atoms with E-state index in [-0.39, 0.29) is 0 Å². The van der Waals surface area contributed by atoms with Crippen molar-refractivity contribution in [2.75, 3.05) is 13.1 Å². The first-order valence-corrected chi connectivity index (χ1v) is 8.91. The molecular weight excluding hydrogens is 298 g/mol. The summed E-state index contributed by atoms with van der Waals surface area (Å²) < 4.78 is 4.47. The molecule has 1 aliphatic rings. The zero-order valence-electron chi connectivity index (χ0n) is 14.5. The van der Waals surface area contributed by atoms with Crippen molar-refractivity contribution in [1.29, 1.82) is 0 Å². The average molecular weight is 323 g/mol. The first-order valence-electron chi connectivity index (χ1n) is 8.91. The Morgan fingerprint density at radius 3 is 2.62 bits per heavy atom. The molecule has 0 unspecified atom stereocenters. The fourth-order valence-electron chi connectivity index (χ4n) is 3.87. The zero-order chi connectivity index (χ0) is 16.5. The molecule has 0 N–H and O–H groups in total. The Morgan fingerprint density at radius 2 is 1.92 bits per heavy atom. The average Bonchev–Trinajstić information content (AvgIpc) is 3.19. The van der Waals surface area contributed by atoms with Crippen LogP contribution in [-0.2, 0) is 20.0 Å². The third kappa shape index (κ3) is 2.73. The Balaban J connectivity index is 1.51. The maximum absolute atomic E-state index is 4.84. The van der Waals surface area contributed by atoms with Gasteiger partial charge in [-0.3, -0.25) is 9.58 Å². The van der Waals surface area contributed by atoms with Gasteiger partial charge in [0, 0.05) is 45.3 Å². The van der Waals surface area contributed by atoms with Gasteiger partial charge in [0.2, 0.25) is 0 Å². The Bertz CT molecular complexity index is 823. The predicted molar refractivity (Wildman–Crippen MR) is 95.9 cm³/mol. The first-order chi connectivity index (χ1) is 11.8. The van der Waals surface area contributed by atoms with Crippen molar-refractivity contribution in [2.45, 2.75) is 38.8 Å². The number of aryl methyl sites for hydroxylation is 2. The summed E-state index contributed by atoms with van der Waals surface area (Å²) >= 11 is 0. The number of hydrogen-bond acceptors (Lipinski definition) is 3. The van der Waals surface area contributed by atoms with E-state index in [0.29, 0.717) is 6.04 Å². The molecule has 5 heteroatoms. The molecule has 0 spiro atoms. The molecule has 2 aromatic heterocycles. The molecule has 1 aliphatic heterocycles. The smallest absolute Gasteiger partial charge is 0.109 e. The summed E-state index contributed by atoms with van der Waals surface area (Å²) in [7, 11) is 2.02. The highest BCUT2D eigenvalue weighted by molar-refractivity contribution is 5.76. The van der Waals surface area contributed by atoms with E-state index < -0.39 is 0 Å². The predicted octanol–water partition coefficient (Wildman–Crippen LogP) is 3.17. The standard InChI is InChI=1S/C19H25N5/c1-3-19-21-17-6-4-5-7-18(17)24(19)15-9-12-23(13-10-15)14-16-8-11-20-22(16)2/h4-8,11,15H,3,9-10,12-14H2,1-2H3. The van der Waals surface area contributed by atoms with Gasteiger partial charge in [-0.2, -0.15) is 5.10 Å². The molecule has 0 aliphatic carbocycles. The molecule has 126 valence electrons. The Hall–Kier alpha value is -2.14. The zero-order valence-corrected chi connectivity index (χ0v) is 14.5. The summed E-state index contributed by atoms with van der Waals surface area (Å²) in [5.74, 6) is 1.22. The number of benzene rings is 1. The molecule has 1 saturated heterocycles. The van der Waals surface area contributed by atoms with E-state index >= 15 is 0 Å². The third-order valence-electron chi connectivity index (χ3n) is 5.22. The van der Waals surface area contributed by atoms with Gasteiger partial charge in [-0.05, 0) is 31.0 Å². The molecule has 0 saturated carbocycles. The number of likely N-dealkylation sites (tertiary alicyclic amines) is 1. The minimum absolute atomic E-state index is 0.565. The summed E-state index contributed by atoms with van der Waals surface area (Å²) in [6.45, 7) is 5.46. The van der Waals surface area contributed by atoms with Crippen LogP contribution in [0.15, 0.2) is 36.5 Å². The quantitative estimate of drug-likeness (QED) is 0.740. The fraction of sp³-hybridized carbons (Fsp3) is 0.474. The van der Waals surface area contributed by atoms with Gasteiger partial charge >= 0.3 is 0 Å². The second kappa shape index (κ2) is 6.40. The van der Waals surface area contributed by atoms with Crippen LogP contribution in [0.3, 0.4) is 0 Å². The fourth-order valence-corrected chi connectivity index (χ4v) is 3.87. The monoisotopic (exact) mass is 323 g/mol. The highest BCUT2D eigenvalue weighted by Crippen LogP contribution is 2.29. The van der Waals surface area contributed by atoms with E-state index in [1.807, 2.05) is 17.9 Å². The molecule has 3 aromatic rings. The van der Waals surface area contributed by atoms with Crippen molar-refractivity contribution < 1.29 is 0 Å². The molecule has 0 atom stereocenters. The molecule has 0 amide bonds. The summed E-state index contributed by atoms with van der Waals surface area (Å²) in [6.07, 6.45) is 5.24. The van der Waals surface area contributed by atoms with Gasteiger partial charge in [-0.1, -0.05) is 19.1 Å². The minimum atomic E-state index is 0.565. The van der Waals surface area contributed by atoms with E-state index in [1.165, 1.54) is 29.9 Å². The van der Waals surface area contributed by atoms with E-state index in [1.54, 1.807) is 0 Å². The summed E-state index contributed by atoms with van der Waals surface area (Å²) in [6, 6.07) is 11.2. The lowest BCUT2D eigenvalue weighted by molar-refractivity contribution is 0.176. The first kappa shape index (κ1) is 15.4. The van der Waals surface area contributed by atoms with E-state index in [0.717, 1.165) is 31.6 Å². The van der Waals surface area contributed by atoms with Gasteiger partial charge in [0.15, 0.2) is 0 Å². The number of aromatic nitrogens is 4. The Morgan fingerprint density at radius 1 is 1.12 bits per heavy atom. The highest BCUT2D eigenvalue weighted by atomic mass is 15.3. The van der Waals surface area contributed by atoms with Crippen LogP contribution in [0.5, 0.6) is 0 Å². The van der Waals surface area contributed by atoms with Crippen LogP contribution in [0.4, 0.5) is 0 Å². The number of piperidine rings is 1. The van der Waals surface area contributed by atoms with Crippen molar-refractivity contribution in [3.05, 3.63) is 48.0 Å². The second-order valence-corrected chi connectivity index (χ2v) is 6.69. The normalized spacial score (nSPS) is 16.9. The topological polar surface area (TPSA) is 38.9 Å². The summed E-state index contributed by atoms with van der Waals surface area (Å²) in [5, 5.41) is 4.27. The summed E-state index contributed by atoms with van der Waals surface area (Å²) in [4.78, 5) is 7.38. The molecule has 4 rings (SSSR count). The molecule has 0 radical (unpaired) electrons. The maximum atomic E-state index is 4.84. The Labute approximate surface area is 142 Å². The van der Waals surface area contributed by atoms with Crippen LogP contribution in [0, 0.1) is 0 Å². The third-order valence-corrected chi connectivity index (χ3v) is 5.22.